The van der Waals surface area contributed by atoms with E-state index >= 15 is 8.78 Å². The van der Waals surface area contributed by atoms with Crippen LogP contribution in [0.15, 0.2) is 42.5 Å². The fourth-order valence-corrected chi connectivity index (χ4v) is 7.41. The van der Waals surface area contributed by atoms with Gasteiger partial charge in [0.15, 0.2) is 5.69 Å². The fourth-order valence-electron chi connectivity index (χ4n) is 6.97. The molecular weight excluding hydrogens is 819 g/mol. The predicted octanol–water partition coefficient (Wildman–Crippen LogP) is 9.99. The molecule has 1 amide bonds. The van der Waals surface area contributed by atoms with E-state index in [2.05, 4.69) is 22.3 Å². The zero-order valence-corrected chi connectivity index (χ0v) is 33.8. The van der Waals surface area contributed by atoms with Crippen LogP contribution in [0.5, 0.6) is 0 Å². The summed E-state index contributed by atoms with van der Waals surface area (Å²) in [5, 5.41) is 7.06. The number of nitrogens with one attached hydrogen (secondary N) is 1. The minimum Gasteiger partial charge on any atom is -0.346 e. The number of nitrogens with two attached hydrogens (primary N) is 1. The number of carbonyl (C=O) groups excluding carboxylic acids is 1. The maximum atomic E-state index is 15.2. The van der Waals surface area contributed by atoms with Gasteiger partial charge in [0.2, 0.25) is 5.91 Å². The molecule has 1 aliphatic carbocycles. The Balaban J connectivity index is 1.74. The lowest BCUT2D eigenvalue weighted by atomic mass is 9.92. The van der Waals surface area contributed by atoms with E-state index in [0.29, 0.717) is 23.2 Å². The summed E-state index contributed by atoms with van der Waals surface area (Å²) in [6.45, 7) is 5.24. The molecule has 2 aromatic heterocycles. The van der Waals surface area contributed by atoms with Gasteiger partial charge in [0, 0.05) is 41.1 Å². The lowest BCUT2D eigenvalue weighted by Crippen LogP contribution is -2.41. The SMILES string of the molecule is CCc1c(Cl)ccc(-c2ccc(C#CC(C)(C)SC)nc2C(Cc2cc(F)cc(F)c2)NC(=O)Cn2nc(C(F)(F)F)c3c2C(F)(F)C[C@@H]3C)c1N(N)CC(C)(F)F. The molecule has 0 bridgehead atoms. The Labute approximate surface area is 338 Å². The van der Waals surface area contributed by atoms with Gasteiger partial charge in [-0.25, -0.2) is 28.4 Å². The van der Waals surface area contributed by atoms with E-state index in [0.717, 1.165) is 17.1 Å². The van der Waals surface area contributed by atoms with Crippen LogP contribution < -0.4 is 16.2 Å². The molecule has 18 heteroatoms. The highest BCUT2D eigenvalue weighted by Crippen LogP contribution is 2.52. The largest absolute Gasteiger partial charge is 0.435 e. The molecule has 312 valence electrons. The molecule has 0 saturated heterocycles. The minimum atomic E-state index is -5.11. The number of hydrogen-bond acceptors (Lipinski definition) is 6. The van der Waals surface area contributed by atoms with E-state index in [1.165, 1.54) is 43.0 Å². The summed E-state index contributed by atoms with van der Waals surface area (Å²) in [6.07, 6.45) is -4.38. The number of aromatic nitrogens is 3. The first kappa shape index (κ1) is 44.7. The third-order valence-electron chi connectivity index (χ3n) is 9.51. The van der Waals surface area contributed by atoms with Crippen LogP contribution in [-0.2, 0) is 36.3 Å². The number of amides is 1. The number of pyridine rings is 1. The molecule has 5 rings (SSSR count). The van der Waals surface area contributed by atoms with Crippen LogP contribution in [0.2, 0.25) is 5.02 Å². The molecule has 3 N–H and O–H groups in total. The van der Waals surface area contributed by atoms with Crippen molar-refractivity contribution in [1.82, 2.24) is 20.1 Å². The summed E-state index contributed by atoms with van der Waals surface area (Å²) in [5.74, 6) is 1.05. The average Bonchev–Trinajstić information content (AvgIpc) is 3.60. The number of anilines is 1. The number of nitrogens with zero attached hydrogens (tertiary/aromatic N) is 4. The highest BCUT2D eigenvalue weighted by molar-refractivity contribution is 8.00. The zero-order chi connectivity index (χ0) is 43.1. The van der Waals surface area contributed by atoms with Crippen LogP contribution >= 0.6 is 23.4 Å². The van der Waals surface area contributed by atoms with E-state index in [-0.39, 0.29) is 45.2 Å². The quantitative estimate of drug-likeness (QED) is 0.0639. The number of rotatable bonds is 12. The monoisotopic (exact) mass is 858 g/mol. The number of hydrogen-bond donors (Lipinski definition) is 2. The molecule has 1 unspecified atom stereocenters. The van der Waals surface area contributed by atoms with Crippen LogP contribution in [0.1, 0.15) is 92.5 Å². The highest BCUT2D eigenvalue weighted by Gasteiger charge is 2.53. The number of benzene rings is 2. The zero-order valence-electron chi connectivity index (χ0n) is 32.2. The van der Waals surface area contributed by atoms with Crippen LogP contribution in [-0.4, -0.2) is 44.1 Å². The summed E-state index contributed by atoms with van der Waals surface area (Å²) < 4.78 is 130. The predicted molar refractivity (Wildman–Crippen MR) is 206 cm³/mol. The maximum Gasteiger partial charge on any atom is 0.435 e. The number of alkyl halides is 7. The maximum absolute atomic E-state index is 15.2. The fraction of sp³-hybridized carbons (Fsp3) is 0.425. The molecule has 1 aliphatic rings. The van der Waals surface area contributed by atoms with E-state index < -0.39 is 95.2 Å². The normalized spacial score (nSPS) is 15.8. The number of halogens is 10. The third kappa shape index (κ3) is 10.1. The van der Waals surface area contributed by atoms with Crippen LogP contribution in [0.4, 0.5) is 45.2 Å². The Hall–Kier alpha value is -4.40. The first-order valence-electron chi connectivity index (χ1n) is 18.0. The van der Waals surface area contributed by atoms with Crippen LogP contribution in [0.3, 0.4) is 0 Å². The molecule has 2 aromatic carbocycles. The Morgan fingerprint density at radius 1 is 1.09 bits per heavy atom. The standard InChI is InChI=1S/C40H40ClF9N6OS/c1-7-26-29(41)11-10-28(34(26)55(51)20-38(5,44)45)27-9-8-25(12-13-37(3,4)58-6)52-33(27)30(16-22-14-23(42)17-24(43)15-22)53-31(57)19-56-36-32(21(2)18-39(36,46)47)35(54-56)40(48,49)50/h8-11,14-15,17,21,30H,7,16,18-20,51H2,1-6H3,(H,53,57)/t21-,30?/m0/s1. The van der Waals surface area contributed by atoms with Crippen molar-refractivity contribution in [1.29, 1.82) is 0 Å². The molecule has 0 radical (unpaired) electrons. The molecule has 0 aliphatic heterocycles. The summed E-state index contributed by atoms with van der Waals surface area (Å²) in [6, 6.07) is 7.23. The number of hydrazine groups is 1. The average molecular weight is 859 g/mol. The van der Waals surface area contributed by atoms with Gasteiger partial charge in [0.05, 0.1) is 28.7 Å². The first-order chi connectivity index (χ1) is 26.8. The minimum absolute atomic E-state index is 0.00750. The Morgan fingerprint density at radius 2 is 1.72 bits per heavy atom. The van der Waals surface area contributed by atoms with Gasteiger partial charge in [-0.15, -0.1) is 11.8 Å². The van der Waals surface area contributed by atoms with Crippen molar-refractivity contribution in [3.8, 4) is 23.0 Å². The molecule has 7 nitrogen and oxygen atoms in total. The highest BCUT2D eigenvalue weighted by atomic mass is 35.5. The molecular formula is C40H40ClF9N6OS. The van der Waals surface area contributed by atoms with Gasteiger partial charge in [-0.05, 0) is 86.2 Å². The van der Waals surface area contributed by atoms with E-state index in [4.69, 9.17) is 22.4 Å². The van der Waals surface area contributed by atoms with Crippen molar-refractivity contribution in [2.45, 2.75) is 95.2 Å². The Morgan fingerprint density at radius 3 is 2.31 bits per heavy atom. The lowest BCUT2D eigenvalue weighted by Gasteiger charge is -2.29. The van der Waals surface area contributed by atoms with Crippen molar-refractivity contribution >= 4 is 35.0 Å². The van der Waals surface area contributed by atoms with Gasteiger partial charge in [0.25, 0.3) is 11.8 Å². The first-order valence-corrected chi connectivity index (χ1v) is 19.6. The number of carbonyl (C=O) groups is 1. The second kappa shape index (κ2) is 16.7. The van der Waals surface area contributed by atoms with E-state index in [1.54, 1.807) is 6.92 Å². The Bertz CT molecular complexity index is 2240. The molecule has 58 heavy (non-hydrogen) atoms. The van der Waals surface area contributed by atoms with Gasteiger partial charge in [-0.2, -0.15) is 27.1 Å². The third-order valence-corrected chi connectivity index (χ3v) is 11.0. The van der Waals surface area contributed by atoms with Gasteiger partial charge in [-0.1, -0.05) is 37.4 Å². The van der Waals surface area contributed by atoms with Crippen LogP contribution in [0.25, 0.3) is 11.1 Å². The summed E-state index contributed by atoms with van der Waals surface area (Å²) >= 11 is 7.99. The molecule has 0 spiro atoms. The topological polar surface area (TPSA) is 89.1 Å². The second-order valence-electron chi connectivity index (χ2n) is 14.7. The molecule has 2 atom stereocenters. The van der Waals surface area contributed by atoms with E-state index in [9.17, 15) is 35.5 Å². The van der Waals surface area contributed by atoms with Gasteiger partial charge in [-0.3, -0.25) is 9.48 Å². The van der Waals surface area contributed by atoms with Crippen molar-refractivity contribution in [2.24, 2.45) is 5.84 Å². The molecule has 0 saturated carbocycles. The summed E-state index contributed by atoms with van der Waals surface area (Å²) in [4.78, 5) is 18.7. The van der Waals surface area contributed by atoms with E-state index in [1.807, 2.05) is 20.1 Å². The van der Waals surface area contributed by atoms with Gasteiger partial charge in [0.1, 0.15) is 29.6 Å². The number of fused-ring (bicyclic) bond motifs is 1. The van der Waals surface area contributed by atoms with Gasteiger partial charge < -0.3 is 10.3 Å². The summed E-state index contributed by atoms with van der Waals surface area (Å²) in [5.41, 5.74) is -2.37. The summed E-state index contributed by atoms with van der Waals surface area (Å²) in [7, 11) is 0. The van der Waals surface area contributed by atoms with Gasteiger partial charge >= 0.3 is 6.18 Å². The van der Waals surface area contributed by atoms with Crippen molar-refractivity contribution in [3.05, 3.63) is 98.6 Å². The van der Waals surface area contributed by atoms with Crippen molar-refractivity contribution in [2.75, 3.05) is 17.8 Å². The Kier molecular flexibility index (Phi) is 12.9. The molecule has 2 heterocycles. The lowest BCUT2D eigenvalue weighted by molar-refractivity contribution is -0.142. The van der Waals surface area contributed by atoms with Crippen LogP contribution in [0, 0.1) is 23.5 Å². The molecule has 0 fully saturated rings. The molecule has 4 aromatic rings. The second-order valence-corrected chi connectivity index (χ2v) is 16.6. The van der Waals surface area contributed by atoms with Crippen molar-refractivity contribution in [3.63, 3.8) is 0 Å². The smallest absolute Gasteiger partial charge is 0.346 e. The number of thioether (sulfide) groups is 1. The van der Waals surface area contributed by atoms with Crippen molar-refractivity contribution < 1.29 is 44.3 Å².